The summed E-state index contributed by atoms with van der Waals surface area (Å²) in [5, 5.41) is 7.28. The molecule has 1 saturated heterocycles. The van der Waals surface area contributed by atoms with E-state index in [0.717, 1.165) is 11.2 Å². The first-order chi connectivity index (χ1) is 14.9. The van der Waals surface area contributed by atoms with Gasteiger partial charge < -0.3 is 25.0 Å². The van der Waals surface area contributed by atoms with E-state index in [2.05, 4.69) is 15.5 Å². The van der Waals surface area contributed by atoms with Crippen molar-refractivity contribution in [1.29, 1.82) is 0 Å². The fraction of sp³-hybridized carbons (Fsp3) is 0.350. The number of anilines is 3. The summed E-state index contributed by atoms with van der Waals surface area (Å²) in [6.07, 6.45) is 0. The number of carbonyl (C=O) groups excluding carboxylic acids is 2. The highest BCUT2D eigenvalue weighted by Gasteiger charge is 2.21. The normalized spacial score (nSPS) is 14.0. The Hall–Kier alpha value is -3.31. The monoisotopic (exact) mass is 445 g/mol. The zero-order valence-corrected chi connectivity index (χ0v) is 18.2. The van der Waals surface area contributed by atoms with E-state index in [1.165, 1.54) is 23.0 Å². The summed E-state index contributed by atoms with van der Waals surface area (Å²) >= 11 is 1.18. The lowest BCUT2D eigenvalue weighted by molar-refractivity contribution is 0.0607. The summed E-state index contributed by atoms with van der Waals surface area (Å²) in [6, 6.07) is 4.83. The topological polar surface area (TPSA) is 107 Å². The van der Waals surface area contributed by atoms with Crippen LogP contribution in [0.1, 0.15) is 9.67 Å². The number of benzene rings is 1. The summed E-state index contributed by atoms with van der Waals surface area (Å²) in [5.41, 5.74) is 3.05. The second kappa shape index (κ2) is 8.44. The summed E-state index contributed by atoms with van der Waals surface area (Å²) in [7, 11) is 4.70. The van der Waals surface area contributed by atoms with Crippen molar-refractivity contribution in [3.63, 3.8) is 0 Å². The molecule has 0 spiro atoms. The van der Waals surface area contributed by atoms with Crippen LogP contribution < -0.4 is 21.2 Å². The van der Waals surface area contributed by atoms with Crippen molar-refractivity contribution in [3.8, 4) is 0 Å². The number of carbonyl (C=O) groups is 2. The van der Waals surface area contributed by atoms with Crippen molar-refractivity contribution in [3.05, 3.63) is 38.9 Å². The zero-order chi connectivity index (χ0) is 22.1. The quantitative estimate of drug-likeness (QED) is 0.597. The number of nitrogens with one attached hydrogen (secondary N) is 2. The van der Waals surface area contributed by atoms with Gasteiger partial charge in [-0.25, -0.2) is 14.4 Å². The van der Waals surface area contributed by atoms with Crippen molar-refractivity contribution < 1.29 is 19.1 Å². The van der Waals surface area contributed by atoms with Gasteiger partial charge in [-0.2, -0.15) is 0 Å². The predicted octanol–water partition coefficient (Wildman–Crippen LogP) is 2.21. The fourth-order valence-electron chi connectivity index (χ4n) is 3.63. The Morgan fingerprint density at radius 3 is 2.39 bits per heavy atom. The number of aryl methyl sites for hydroxylation is 2. The third-order valence-electron chi connectivity index (χ3n) is 5.27. The number of aromatic nitrogens is 2. The van der Waals surface area contributed by atoms with Crippen LogP contribution in [0.25, 0.3) is 11.0 Å². The van der Waals surface area contributed by atoms with Crippen LogP contribution in [-0.4, -0.2) is 54.5 Å². The lowest BCUT2D eigenvalue weighted by Crippen LogP contribution is -2.37. The molecule has 0 atom stereocenters. The van der Waals surface area contributed by atoms with E-state index in [1.807, 2.05) is 6.07 Å². The van der Waals surface area contributed by atoms with Gasteiger partial charge in [0.05, 0.1) is 48.4 Å². The number of fused-ring (bicyclic) bond motifs is 1. The van der Waals surface area contributed by atoms with E-state index in [9.17, 15) is 14.4 Å². The number of rotatable bonds is 4. The largest absolute Gasteiger partial charge is 0.465 e. The molecule has 1 aromatic carbocycles. The highest BCUT2D eigenvalue weighted by atomic mass is 32.1. The molecule has 0 aliphatic carbocycles. The van der Waals surface area contributed by atoms with Crippen LogP contribution in [0.3, 0.4) is 0 Å². The molecule has 0 radical (unpaired) electrons. The lowest BCUT2D eigenvalue weighted by atomic mass is 10.2. The summed E-state index contributed by atoms with van der Waals surface area (Å²) in [5.74, 6) is -0.514. The molecule has 10 nitrogen and oxygen atoms in total. The predicted molar refractivity (Wildman–Crippen MR) is 119 cm³/mol. The third kappa shape index (κ3) is 3.89. The smallest absolute Gasteiger partial charge is 0.350 e. The number of thiophene rings is 1. The Bertz CT molecular complexity index is 1200. The Morgan fingerprint density at radius 2 is 1.71 bits per heavy atom. The maximum atomic E-state index is 12.8. The number of hydrogen-bond acceptors (Lipinski definition) is 7. The molecule has 3 aromatic rings. The van der Waals surface area contributed by atoms with Crippen LogP contribution in [0.15, 0.2) is 28.4 Å². The molecule has 4 rings (SSSR count). The van der Waals surface area contributed by atoms with E-state index in [4.69, 9.17) is 9.47 Å². The fourth-order valence-corrected chi connectivity index (χ4v) is 4.40. The molecule has 31 heavy (non-hydrogen) atoms. The molecule has 2 amide bonds. The van der Waals surface area contributed by atoms with Crippen molar-refractivity contribution in [2.75, 3.05) is 48.9 Å². The van der Waals surface area contributed by atoms with Gasteiger partial charge in [0.25, 0.3) is 0 Å². The van der Waals surface area contributed by atoms with Gasteiger partial charge >= 0.3 is 17.7 Å². The molecular formula is C20H23N5O5S. The minimum atomic E-state index is -0.514. The van der Waals surface area contributed by atoms with E-state index >= 15 is 0 Å². The van der Waals surface area contributed by atoms with Gasteiger partial charge in [0.2, 0.25) is 0 Å². The van der Waals surface area contributed by atoms with Gasteiger partial charge in [0, 0.05) is 27.2 Å². The van der Waals surface area contributed by atoms with Crippen LogP contribution >= 0.6 is 11.3 Å². The van der Waals surface area contributed by atoms with Crippen LogP contribution in [0, 0.1) is 0 Å². The number of nitrogens with zero attached hydrogens (tertiary/aromatic N) is 3. The molecule has 3 heterocycles. The Morgan fingerprint density at radius 1 is 1.06 bits per heavy atom. The molecule has 0 unspecified atom stereocenters. The highest BCUT2D eigenvalue weighted by Crippen LogP contribution is 2.32. The second-order valence-corrected chi connectivity index (χ2v) is 8.01. The van der Waals surface area contributed by atoms with Crippen molar-refractivity contribution in [2.24, 2.45) is 14.1 Å². The van der Waals surface area contributed by atoms with Crippen LogP contribution in [0.4, 0.5) is 21.9 Å². The summed E-state index contributed by atoms with van der Waals surface area (Å²) in [6.45, 7) is 2.49. The van der Waals surface area contributed by atoms with Crippen LogP contribution in [-0.2, 0) is 23.6 Å². The number of imidazole rings is 1. The molecule has 11 heteroatoms. The number of urea groups is 1. The molecule has 1 aliphatic heterocycles. The van der Waals surface area contributed by atoms with Gasteiger partial charge in [-0.3, -0.25) is 9.13 Å². The van der Waals surface area contributed by atoms with Crippen LogP contribution in [0.5, 0.6) is 0 Å². The first-order valence-electron chi connectivity index (χ1n) is 9.66. The van der Waals surface area contributed by atoms with Gasteiger partial charge in [0.15, 0.2) is 0 Å². The SMILES string of the molecule is COC(=O)c1sccc1NC(=O)Nc1cc2c(cc1N1CCOCC1)n(C)c(=O)n2C. The molecular weight excluding hydrogens is 422 g/mol. The van der Waals surface area contributed by atoms with E-state index in [-0.39, 0.29) is 5.69 Å². The van der Waals surface area contributed by atoms with Gasteiger partial charge in [0.1, 0.15) is 4.88 Å². The number of amides is 2. The van der Waals surface area contributed by atoms with Crippen molar-refractivity contribution in [2.45, 2.75) is 0 Å². The van der Waals surface area contributed by atoms with E-state index in [0.29, 0.717) is 48.1 Å². The van der Waals surface area contributed by atoms with Crippen molar-refractivity contribution >= 4 is 51.4 Å². The third-order valence-corrected chi connectivity index (χ3v) is 6.17. The Labute approximate surface area is 182 Å². The van der Waals surface area contributed by atoms with Gasteiger partial charge in [-0.15, -0.1) is 11.3 Å². The molecule has 2 N–H and O–H groups in total. The average molecular weight is 446 g/mol. The van der Waals surface area contributed by atoms with E-state index < -0.39 is 12.0 Å². The number of hydrogen-bond donors (Lipinski definition) is 2. The summed E-state index contributed by atoms with van der Waals surface area (Å²) in [4.78, 5) is 39.5. The molecule has 164 valence electrons. The Balaban J connectivity index is 1.69. The highest BCUT2D eigenvalue weighted by molar-refractivity contribution is 7.12. The van der Waals surface area contributed by atoms with Gasteiger partial charge in [-0.05, 0) is 23.6 Å². The van der Waals surface area contributed by atoms with Crippen molar-refractivity contribution in [1.82, 2.24) is 9.13 Å². The van der Waals surface area contributed by atoms with E-state index in [1.54, 1.807) is 36.2 Å². The Kier molecular flexibility index (Phi) is 5.70. The lowest BCUT2D eigenvalue weighted by Gasteiger charge is -2.30. The van der Waals surface area contributed by atoms with Crippen LogP contribution in [0.2, 0.25) is 0 Å². The number of ether oxygens (including phenoxy) is 2. The average Bonchev–Trinajstić information content (AvgIpc) is 3.32. The molecule has 2 aromatic heterocycles. The van der Waals surface area contributed by atoms with Gasteiger partial charge in [-0.1, -0.05) is 0 Å². The minimum Gasteiger partial charge on any atom is -0.465 e. The first-order valence-corrected chi connectivity index (χ1v) is 10.5. The second-order valence-electron chi connectivity index (χ2n) is 7.09. The molecule has 0 bridgehead atoms. The number of morpholine rings is 1. The maximum Gasteiger partial charge on any atom is 0.350 e. The molecule has 0 saturated carbocycles. The summed E-state index contributed by atoms with van der Waals surface area (Å²) < 4.78 is 13.3. The first kappa shape index (κ1) is 20.9. The number of esters is 1. The molecule has 1 aliphatic rings. The number of methoxy groups -OCH3 is 1. The molecule has 1 fully saturated rings. The zero-order valence-electron chi connectivity index (χ0n) is 17.4. The standard InChI is InChI=1S/C20H23N5O5S/c1-23-15-10-13(22-19(27)21-12-4-9-31-17(12)18(26)29-3)14(25-5-7-30-8-6-25)11-16(15)24(2)20(23)28/h4,9-11H,5-8H2,1-3H3,(H2,21,22,27). The maximum absolute atomic E-state index is 12.8. The minimum absolute atomic E-state index is 0.148.